The van der Waals surface area contributed by atoms with E-state index in [1.165, 1.54) is 5.56 Å². The van der Waals surface area contributed by atoms with Crippen molar-refractivity contribution in [3.05, 3.63) is 65.2 Å². The molecule has 0 radical (unpaired) electrons. The zero-order chi connectivity index (χ0) is 16.8. The van der Waals surface area contributed by atoms with Crippen LogP contribution >= 0.6 is 11.6 Å². The summed E-state index contributed by atoms with van der Waals surface area (Å²) >= 11 is 6.01. The van der Waals surface area contributed by atoms with Gasteiger partial charge in [0, 0.05) is 35.9 Å². The lowest BCUT2D eigenvalue weighted by molar-refractivity contribution is 0.0508. The van der Waals surface area contributed by atoms with Crippen molar-refractivity contribution < 1.29 is 9.53 Å². The zero-order valence-corrected chi connectivity index (χ0v) is 14.2. The van der Waals surface area contributed by atoms with Gasteiger partial charge in [-0.3, -0.25) is 0 Å². The van der Waals surface area contributed by atoms with Gasteiger partial charge in [0.1, 0.15) is 0 Å². The number of ether oxygens (including phenoxy) is 1. The van der Waals surface area contributed by atoms with Crippen LogP contribution in [-0.2, 0) is 10.2 Å². The van der Waals surface area contributed by atoms with E-state index >= 15 is 0 Å². The Morgan fingerprint density at radius 2 is 1.71 bits per heavy atom. The number of carbonyl (C=O) groups is 1. The predicted molar refractivity (Wildman–Crippen MR) is 96.6 cm³/mol. The molecule has 0 saturated carbocycles. The van der Waals surface area contributed by atoms with E-state index in [0.717, 1.165) is 23.6 Å². The van der Waals surface area contributed by atoms with E-state index in [2.05, 4.69) is 10.6 Å². The van der Waals surface area contributed by atoms with Crippen molar-refractivity contribution in [2.24, 2.45) is 0 Å². The topological polar surface area (TPSA) is 50.4 Å². The summed E-state index contributed by atoms with van der Waals surface area (Å²) in [5.41, 5.74) is 1.86. The molecular weight excluding hydrogens is 324 g/mol. The third-order valence-electron chi connectivity index (χ3n) is 4.53. The van der Waals surface area contributed by atoms with Crippen LogP contribution in [0, 0.1) is 0 Å². The van der Waals surface area contributed by atoms with E-state index in [0.29, 0.717) is 19.8 Å². The van der Waals surface area contributed by atoms with Gasteiger partial charge in [0.15, 0.2) is 0 Å². The molecule has 2 amide bonds. The molecule has 3 rings (SSSR count). The van der Waals surface area contributed by atoms with Crippen LogP contribution in [0.1, 0.15) is 18.4 Å². The number of hydrogen-bond acceptors (Lipinski definition) is 2. The Hall–Kier alpha value is -2.04. The summed E-state index contributed by atoms with van der Waals surface area (Å²) in [5, 5.41) is 6.59. The van der Waals surface area contributed by atoms with Crippen molar-refractivity contribution in [3.63, 3.8) is 0 Å². The number of rotatable bonds is 4. The highest BCUT2D eigenvalue weighted by Crippen LogP contribution is 2.34. The van der Waals surface area contributed by atoms with Crippen LogP contribution in [0.4, 0.5) is 10.5 Å². The fourth-order valence-electron chi connectivity index (χ4n) is 3.08. The first-order valence-corrected chi connectivity index (χ1v) is 8.49. The summed E-state index contributed by atoms with van der Waals surface area (Å²) in [6.45, 7) is 1.96. The Kier molecular flexibility index (Phi) is 5.38. The van der Waals surface area contributed by atoms with Gasteiger partial charge in [-0.2, -0.15) is 0 Å². The van der Waals surface area contributed by atoms with Gasteiger partial charge in [-0.25, -0.2) is 4.79 Å². The molecular formula is C19H21ClN2O2. The Morgan fingerprint density at radius 3 is 2.38 bits per heavy atom. The first-order valence-electron chi connectivity index (χ1n) is 8.12. The quantitative estimate of drug-likeness (QED) is 0.872. The second-order valence-electron chi connectivity index (χ2n) is 6.07. The highest BCUT2D eigenvalue weighted by molar-refractivity contribution is 6.30. The van der Waals surface area contributed by atoms with Crippen LogP contribution in [-0.4, -0.2) is 25.8 Å². The summed E-state index contributed by atoms with van der Waals surface area (Å²) in [6.07, 6.45) is 1.75. The van der Waals surface area contributed by atoms with Gasteiger partial charge in [0.2, 0.25) is 0 Å². The molecule has 1 aliphatic rings. The average molecular weight is 345 g/mol. The molecule has 0 aromatic heterocycles. The Labute approximate surface area is 147 Å². The summed E-state index contributed by atoms with van der Waals surface area (Å²) in [5.74, 6) is 0. The first-order chi connectivity index (χ1) is 11.7. The molecule has 5 heteroatoms. The van der Waals surface area contributed by atoms with Crippen LogP contribution in [0.25, 0.3) is 0 Å². The van der Waals surface area contributed by atoms with Crippen LogP contribution in [0.15, 0.2) is 54.6 Å². The molecule has 2 aromatic rings. The SMILES string of the molecule is O=C(NCC1(c2ccc(Cl)cc2)CCOCC1)Nc1ccccc1. The average Bonchev–Trinajstić information content (AvgIpc) is 2.62. The molecule has 0 unspecified atom stereocenters. The maximum Gasteiger partial charge on any atom is 0.319 e. The third-order valence-corrected chi connectivity index (χ3v) is 4.78. The van der Waals surface area contributed by atoms with Gasteiger partial charge < -0.3 is 15.4 Å². The molecule has 1 aliphatic heterocycles. The second kappa shape index (κ2) is 7.69. The van der Waals surface area contributed by atoms with E-state index in [9.17, 15) is 4.79 Å². The molecule has 0 aliphatic carbocycles. The number of hydrogen-bond donors (Lipinski definition) is 2. The monoisotopic (exact) mass is 344 g/mol. The Balaban J connectivity index is 1.68. The largest absolute Gasteiger partial charge is 0.381 e. The Morgan fingerprint density at radius 1 is 1.04 bits per heavy atom. The van der Waals surface area contributed by atoms with Crippen molar-refractivity contribution in [3.8, 4) is 0 Å². The van der Waals surface area contributed by atoms with E-state index in [1.807, 2.05) is 54.6 Å². The maximum atomic E-state index is 12.2. The Bertz CT molecular complexity index is 668. The fraction of sp³-hybridized carbons (Fsp3) is 0.316. The number of halogens is 1. The summed E-state index contributed by atoms with van der Waals surface area (Å²) in [6, 6.07) is 17.1. The van der Waals surface area contributed by atoms with Crippen molar-refractivity contribution >= 4 is 23.3 Å². The van der Waals surface area contributed by atoms with Gasteiger partial charge in [-0.15, -0.1) is 0 Å². The predicted octanol–water partition coefficient (Wildman–Crippen LogP) is 4.21. The molecule has 126 valence electrons. The van der Waals surface area contributed by atoms with Gasteiger partial charge in [-0.05, 0) is 42.7 Å². The fourth-order valence-corrected chi connectivity index (χ4v) is 3.21. The molecule has 1 fully saturated rings. The van der Waals surface area contributed by atoms with Crippen molar-refractivity contribution in [2.75, 3.05) is 25.1 Å². The number of para-hydroxylation sites is 1. The number of carbonyl (C=O) groups excluding carboxylic acids is 1. The van der Waals surface area contributed by atoms with E-state index in [1.54, 1.807) is 0 Å². The number of amides is 2. The summed E-state index contributed by atoms with van der Waals surface area (Å²) < 4.78 is 5.52. The number of urea groups is 1. The molecule has 2 N–H and O–H groups in total. The van der Waals surface area contributed by atoms with Gasteiger partial charge in [0.25, 0.3) is 0 Å². The van der Waals surface area contributed by atoms with Crippen molar-refractivity contribution in [1.82, 2.24) is 5.32 Å². The normalized spacial score (nSPS) is 16.4. The van der Waals surface area contributed by atoms with Gasteiger partial charge in [-0.1, -0.05) is 41.9 Å². The number of nitrogens with one attached hydrogen (secondary N) is 2. The van der Waals surface area contributed by atoms with E-state index in [4.69, 9.17) is 16.3 Å². The van der Waals surface area contributed by atoms with Crippen molar-refractivity contribution in [2.45, 2.75) is 18.3 Å². The smallest absolute Gasteiger partial charge is 0.319 e. The van der Waals surface area contributed by atoms with Gasteiger partial charge >= 0.3 is 6.03 Å². The lowest BCUT2D eigenvalue weighted by Crippen LogP contribution is -2.45. The lowest BCUT2D eigenvalue weighted by Gasteiger charge is -2.38. The number of anilines is 1. The van der Waals surface area contributed by atoms with Crippen LogP contribution in [0.3, 0.4) is 0 Å². The maximum absolute atomic E-state index is 12.2. The molecule has 2 aromatic carbocycles. The minimum Gasteiger partial charge on any atom is -0.381 e. The molecule has 0 atom stereocenters. The first kappa shape index (κ1) is 16.8. The third kappa shape index (κ3) is 4.08. The lowest BCUT2D eigenvalue weighted by atomic mass is 9.74. The number of benzene rings is 2. The van der Waals surface area contributed by atoms with E-state index < -0.39 is 0 Å². The molecule has 0 spiro atoms. The van der Waals surface area contributed by atoms with Gasteiger partial charge in [0.05, 0.1) is 0 Å². The van der Waals surface area contributed by atoms with Crippen LogP contribution in [0.5, 0.6) is 0 Å². The van der Waals surface area contributed by atoms with Crippen molar-refractivity contribution in [1.29, 1.82) is 0 Å². The zero-order valence-electron chi connectivity index (χ0n) is 13.4. The highest BCUT2D eigenvalue weighted by atomic mass is 35.5. The standard InChI is InChI=1S/C19H21ClN2O2/c20-16-8-6-15(7-9-16)19(10-12-24-13-11-19)14-21-18(23)22-17-4-2-1-3-5-17/h1-9H,10-14H2,(H2,21,22,23). The molecule has 24 heavy (non-hydrogen) atoms. The van der Waals surface area contributed by atoms with E-state index in [-0.39, 0.29) is 11.4 Å². The summed E-state index contributed by atoms with van der Waals surface area (Å²) in [7, 11) is 0. The summed E-state index contributed by atoms with van der Waals surface area (Å²) in [4.78, 5) is 12.2. The molecule has 4 nitrogen and oxygen atoms in total. The minimum absolute atomic E-state index is 0.114. The minimum atomic E-state index is -0.193. The molecule has 1 saturated heterocycles. The highest BCUT2D eigenvalue weighted by Gasteiger charge is 2.34. The second-order valence-corrected chi connectivity index (χ2v) is 6.51. The molecule has 1 heterocycles. The van der Waals surface area contributed by atoms with Crippen LogP contribution in [0.2, 0.25) is 5.02 Å². The van der Waals surface area contributed by atoms with Crippen LogP contribution < -0.4 is 10.6 Å². The molecule has 0 bridgehead atoms.